The number of nitrogens with one attached hydrogen (secondary N) is 2. The van der Waals surface area contributed by atoms with Gasteiger partial charge < -0.3 is 25.4 Å². The number of amides is 2. The van der Waals surface area contributed by atoms with E-state index >= 15 is 0 Å². The largest absolute Gasteiger partial charge is 0.390 e. The first-order valence-corrected chi connectivity index (χ1v) is 10.4. The van der Waals surface area contributed by atoms with Gasteiger partial charge in [-0.2, -0.15) is 0 Å². The lowest BCUT2D eigenvalue weighted by Crippen LogP contribution is -2.46. The second-order valence-electron chi connectivity index (χ2n) is 8.51. The number of hydrogen-bond acceptors (Lipinski definition) is 5. The molecular formula is C23H28FN3O5. The fraction of sp³-hybridized carbons (Fsp3) is 0.435. The first-order valence-electron chi connectivity index (χ1n) is 10.4. The monoisotopic (exact) mass is 445 g/mol. The normalized spacial score (nSPS) is 22.6. The summed E-state index contributed by atoms with van der Waals surface area (Å²) in [6.45, 7) is 6.57. The van der Waals surface area contributed by atoms with Gasteiger partial charge in [0.15, 0.2) is 0 Å². The molecule has 1 saturated carbocycles. The zero-order valence-corrected chi connectivity index (χ0v) is 18.7. The average Bonchev–Trinajstić information content (AvgIpc) is 3.10. The van der Waals surface area contributed by atoms with Crippen LogP contribution in [0.15, 0.2) is 18.2 Å². The average molecular weight is 445 g/mol. The minimum Gasteiger partial charge on any atom is -0.390 e. The minimum absolute atomic E-state index is 0.0570. The summed E-state index contributed by atoms with van der Waals surface area (Å²) in [5.74, 6) is -2.84. The predicted molar refractivity (Wildman–Crippen MR) is 116 cm³/mol. The highest BCUT2D eigenvalue weighted by molar-refractivity contribution is 6.43. The number of Topliss-reactive ketones (excluding diaryl/α,β-unsaturated/α-hetero) is 1. The van der Waals surface area contributed by atoms with Crippen molar-refractivity contribution in [1.82, 2.24) is 9.88 Å². The topological polar surface area (TPSA) is 121 Å². The van der Waals surface area contributed by atoms with E-state index in [0.717, 1.165) is 0 Å². The number of aliphatic hydroxyl groups is 2. The third-order valence-electron chi connectivity index (χ3n) is 6.28. The van der Waals surface area contributed by atoms with E-state index in [4.69, 9.17) is 0 Å². The molecule has 1 aliphatic carbocycles. The van der Waals surface area contributed by atoms with Gasteiger partial charge in [-0.25, -0.2) is 4.39 Å². The summed E-state index contributed by atoms with van der Waals surface area (Å²) in [6, 6.07) is 3.46. The van der Waals surface area contributed by atoms with Gasteiger partial charge in [0, 0.05) is 18.4 Å². The van der Waals surface area contributed by atoms with Crippen molar-refractivity contribution in [3.8, 4) is 0 Å². The number of anilines is 1. The number of rotatable bonds is 5. The Morgan fingerprint density at radius 1 is 1.12 bits per heavy atom. The second-order valence-corrected chi connectivity index (χ2v) is 8.51. The fourth-order valence-corrected chi connectivity index (χ4v) is 4.29. The summed E-state index contributed by atoms with van der Waals surface area (Å²) in [6.07, 6.45) is -1.78. The van der Waals surface area contributed by atoms with Crippen molar-refractivity contribution >= 4 is 23.3 Å². The first-order chi connectivity index (χ1) is 14.9. The van der Waals surface area contributed by atoms with Crippen LogP contribution in [0.3, 0.4) is 0 Å². The van der Waals surface area contributed by atoms with E-state index in [-0.39, 0.29) is 23.0 Å². The quantitative estimate of drug-likeness (QED) is 0.413. The number of hydrogen-bond donors (Lipinski definition) is 4. The summed E-state index contributed by atoms with van der Waals surface area (Å²) in [5.41, 5.74) is 1.91. The molecule has 1 aliphatic rings. The van der Waals surface area contributed by atoms with E-state index in [1.54, 1.807) is 34.7 Å². The zero-order chi connectivity index (χ0) is 23.9. The number of ketones is 1. The van der Waals surface area contributed by atoms with Gasteiger partial charge >= 0.3 is 0 Å². The number of aryl methyl sites for hydroxylation is 1. The Labute approximate surface area is 185 Å². The molecule has 1 aromatic heterocycles. The Morgan fingerprint density at radius 2 is 1.78 bits per heavy atom. The molecule has 0 saturated heterocycles. The minimum atomic E-state index is -1.15. The van der Waals surface area contributed by atoms with Crippen LogP contribution in [0.25, 0.3) is 0 Å². The molecule has 8 nitrogen and oxygen atoms in total. The van der Waals surface area contributed by atoms with E-state index in [9.17, 15) is 29.0 Å². The maximum atomic E-state index is 13.5. The van der Waals surface area contributed by atoms with Crippen molar-refractivity contribution in [2.24, 2.45) is 13.0 Å². The van der Waals surface area contributed by atoms with Crippen LogP contribution < -0.4 is 10.6 Å². The van der Waals surface area contributed by atoms with Gasteiger partial charge in [0.1, 0.15) is 11.9 Å². The van der Waals surface area contributed by atoms with E-state index in [1.165, 1.54) is 22.8 Å². The second kappa shape index (κ2) is 8.84. The molecule has 1 fully saturated rings. The van der Waals surface area contributed by atoms with Crippen molar-refractivity contribution in [2.75, 3.05) is 5.32 Å². The number of aromatic nitrogens is 1. The van der Waals surface area contributed by atoms with Crippen LogP contribution in [0.5, 0.6) is 0 Å². The molecule has 4 atom stereocenters. The Morgan fingerprint density at radius 3 is 2.34 bits per heavy atom. The molecule has 1 aromatic carbocycles. The van der Waals surface area contributed by atoms with Gasteiger partial charge in [0.05, 0.1) is 23.4 Å². The number of halogens is 1. The highest BCUT2D eigenvalue weighted by atomic mass is 19.1. The molecule has 0 bridgehead atoms. The third kappa shape index (κ3) is 4.18. The molecule has 172 valence electrons. The van der Waals surface area contributed by atoms with Gasteiger partial charge in [-0.1, -0.05) is 6.92 Å². The number of nitrogens with zero attached hydrogens (tertiary/aromatic N) is 1. The Kier molecular flexibility index (Phi) is 6.52. The summed E-state index contributed by atoms with van der Waals surface area (Å²) in [7, 11) is 1.58. The van der Waals surface area contributed by atoms with Crippen molar-refractivity contribution in [3.63, 3.8) is 0 Å². The molecule has 0 unspecified atom stereocenters. The summed E-state index contributed by atoms with van der Waals surface area (Å²) < 4.78 is 15.0. The zero-order valence-electron chi connectivity index (χ0n) is 18.7. The number of carbonyl (C=O) groups is 3. The van der Waals surface area contributed by atoms with E-state index in [2.05, 4.69) is 10.6 Å². The van der Waals surface area contributed by atoms with Crippen LogP contribution in [0, 0.1) is 32.5 Å². The SMILES string of the molecule is Cc1cc(NC(=O)c2c(C)c(C(=O)C(=O)N[C@@H]3C[C@H](C)[C@@H](O)[C@H]3O)n(C)c2C)ccc1F. The molecular weight excluding hydrogens is 417 g/mol. The van der Waals surface area contributed by atoms with Gasteiger partial charge in [0.2, 0.25) is 0 Å². The molecule has 2 aromatic rings. The molecule has 3 rings (SSSR count). The summed E-state index contributed by atoms with van der Waals surface area (Å²) in [4.78, 5) is 38.4. The Bertz CT molecular complexity index is 1090. The van der Waals surface area contributed by atoms with E-state index in [0.29, 0.717) is 28.9 Å². The number of benzene rings is 1. The lowest BCUT2D eigenvalue weighted by Gasteiger charge is -2.17. The van der Waals surface area contributed by atoms with Gasteiger partial charge in [-0.15, -0.1) is 0 Å². The highest BCUT2D eigenvalue weighted by Crippen LogP contribution is 2.27. The van der Waals surface area contributed by atoms with Crippen LogP contribution in [-0.2, 0) is 11.8 Å². The molecule has 9 heteroatoms. The van der Waals surface area contributed by atoms with E-state index in [1.807, 2.05) is 0 Å². The van der Waals surface area contributed by atoms with Gasteiger partial charge in [0.25, 0.3) is 17.6 Å². The number of aliphatic hydroxyl groups excluding tert-OH is 2. The molecule has 1 heterocycles. The first kappa shape index (κ1) is 23.6. The van der Waals surface area contributed by atoms with Crippen LogP contribution in [0.1, 0.15) is 51.0 Å². The molecule has 32 heavy (non-hydrogen) atoms. The fourth-order valence-electron chi connectivity index (χ4n) is 4.29. The standard InChI is InChI=1S/C23H28FN3O5/c1-10-8-14(6-7-15(10)24)25-22(31)17-12(3)18(27(5)13(17)4)21(30)23(32)26-16-9-11(2)19(28)20(16)29/h6-8,11,16,19-20,28-29H,9H2,1-5H3,(H,25,31)(H,26,32)/t11-,16+,19+,20-/m0/s1. The summed E-state index contributed by atoms with van der Waals surface area (Å²) >= 11 is 0. The number of carbonyl (C=O) groups excluding carboxylic acids is 3. The lowest BCUT2D eigenvalue weighted by atomic mass is 10.1. The summed E-state index contributed by atoms with van der Waals surface area (Å²) in [5, 5.41) is 25.2. The van der Waals surface area contributed by atoms with Crippen LogP contribution in [0.4, 0.5) is 10.1 Å². The lowest BCUT2D eigenvalue weighted by molar-refractivity contribution is -0.118. The van der Waals surface area contributed by atoms with Crippen molar-refractivity contribution in [1.29, 1.82) is 0 Å². The molecule has 0 radical (unpaired) electrons. The Hall–Kier alpha value is -3.04. The van der Waals surface area contributed by atoms with Crippen molar-refractivity contribution in [2.45, 2.75) is 52.4 Å². The maximum Gasteiger partial charge on any atom is 0.294 e. The van der Waals surface area contributed by atoms with Crippen LogP contribution in [0.2, 0.25) is 0 Å². The van der Waals surface area contributed by atoms with Crippen LogP contribution >= 0.6 is 0 Å². The molecule has 0 spiro atoms. The maximum absolute atomic E-state index is 13.5. The molecule has 4 N–H and O–H groups in total. The van der Waals surface area contributed by atoms with Gasteiger partial charge in [-0.3, -0.25) is 14.4 Å². The molecule has 0 aliphatic heterocycles. The van der Waals surface area contributed by atoms with Crippen LogP contribution in [-0.4, -0.2) is 50.6 Å². The highest BCUT2D eigenvalue weighted by Gasteiger charge is 2.41. The smallest absolute Gasteiger partial charge is 0.294 e. The molecule has 2 amide bonds. The van der Waals surface area contributed by atoms with Gasteiger partial charge in [-0.05, 0) is 62.4 Å². The van der Waals surface area contributed by atoms with E-state index < -0.39 is 35.8 Å². The predicted octanol–water partition coefficient (Wildman–Crippen LogP) is 1.77. The van der Waals surface area contributed by atoms with Crippen molar-refractivity contribution < 1.29 is 29.0 Å². The Balaban J connectivity index is 1.83. The van der Waals surface area contributed by atoms with Crippen molar-refractivity contribution in [3.05, 3.63) is 52.1 Å². The third-order valence-corrected chi connectivity index (χ3v) is 6.28.